The maximum absolute atomic E-state index is 12.6. The second-order valence-electron chi connectivity index (χ2n) is 6.89. The van der Waals surface area contributed by atoms with E-state index in [1.165, 1.54) is 11.1 Å². The molecule has 27 heavy (non-hydrogen) atoms. The van der Waals surface area contributed by atoms with Gasteiger partial charge in [0.05, 0.1) is 6.04 Å². The summed E-state index contributed by atoms with van der Waals surface area (Å²) in [5.41, 5.74) is 9.89. The fraction of sp³-hybridized carbons (Fsp3) is 0.381. The molecule has 1 fully saturated rings. The van der Waals surface area contributed by atoms with E-state index in [2.05, 4.69) is 36.1 Å². The minimum absolute atomic E-state index is 0. The maximum atomic E-state index is 12.6. The molecule has 1 heterocycles. The zero-order chi connectivity index (χ0) is 17.6. The van der Waals surface area contributed by atoms with E-state index in [1.54, 1.807) is 0 Å². The van der Waals surface area contributed by atoms with Crippen molar-refractivity contribution >= 4 is 30.7 Å². The van der Waals surface area contributed by atoms with Crippen LogP contribution in [0, 0.1) is 6.92 Å². The molecule has 0 radical (unpaired) electrons. The molecule has 0 saturated carbocycles. The second-order valence-corrected chi connectivity index (χ2v) is 6.89. The largest absolute Gasteiger partial charge is 0.339 e. The first-order valence-electron chi connectivity index (χ1n) is 8.98. The minimum Gasteiger partial charge on any atom is -0.339 e. The highest BCUT2D eigenvalue weighted by atomic mass is 35.5. The number of hydrogen-bond donors (Lipinski definition) is 1. The van der Waals surface area contributed by atoms with Crippen LogP contribution >= 0.6 is 24.8 Å². The lowest BCUT2D eigenvalue weighted by Crippen LogP contribution is -2.53. The molecular formula is C21H29Cl2N3O. The average molecular weight is 410 g/mol. The predicted molar refractivity (Wildman–Crippen MR) is 116 cm³/mol. The number of rotatable bonds is 5. The van der Waals surface area contributed by atoms with Crippen molar-refractivity contribution in [3.8, 4) is 0 Å². The molecule has 4 nitrogen and oxygen atoms in total. The zero-order valence-corrected chi connectivity index (χ0v) is 17.3. The number of carbonyl (C=O) groups is 1. The normalized spacial score (nSPS) is 15.4. The summed E-state index contributed by atoms with van der Waals surface area (Å²) in [7, 11) is 0. The van der Waals surface area contributed by atoms with Crippen molar-refractivity contribution in [2.24, 2.45) is 5.73 Å². The fourth-order valence-electron chi connectivity index (χ4n) is 3.38. The van der Waals surface area contributed by atoms with Crippen LogP contribution in [0.5, 0.6) is 0 Å². The summed E-state index contributed by atoms with van der Waals surface area (Å²) in [5, 5.41) is 0. The molecule has 6 heteroatoms. The molecule has 0 spiro atoms. The summed E-state index contributed by atoms with van der Waals surface area (Å²) < 4.78 is 0. The van der Waals surface area contributed by atoms with Crippen molar-refractivity contribution < 1.29 is 4.79 Å². The third-order valence-electron chi connectivity index (χ3n) is 4.79. The molecule has 1 amide bonds. The molecule has 0 aromatic heterocycles. The van der Waals surface area contributed by atoms with Crippen molar-refractivity contribution in [3.63, 3.8) is 0 Å². The van der Waals surface area contributed by atoms with Gasteiger partial charge in [0.1, 0.15) is 0 Å². The number of nitrogens with two attached hydrogens (primary N) is 1. The zero-order valence-electron chi connectivity index (χ0n) is 15.7. The second kappa shape index (κ2) is 11.3. The Balaban J connectivity index is 0.00000182. The van der Waals surface area contributed by atoms with Gasteiger partial charge in [-0.05, 0) is 24.5 Å². The molecule has 3 rings (SSSR count). The summed E-state index contributed by atoms with van der Waals surface area (Å²) >= 11 is 0. The van der Waals surface area contributed by atoms with Crippen molar-refractivity contribution in [1.82, 2.24) is 9.80 Å². The van der Waals surface area contributed by atoms with Gasteiger partial charge in [-0.15, -0.1) is 24.8 Å². The first-order valence-corrected chi connectivity index (χ1v) is 8.98. The smallest absolute Gasteiger partial charge is 0.239 e. The molecule has 1 aliphatic heterocycles. The van der Waals surface area contributed by atoms with Crippen LogP contribution in [0.3, 0.4) is 0 Å². The lowest BCUT2D eigenvalue weighted by Gasteiger charge is -2.36. The summed E-state index contributed by atoms with van der Waals surface area (Å²) in [6.45, 7) is 6.38. The maximum Gasteiger partial charge on any atom is 0.239 e. The molecule has 2 aromatic carbocycles. The fourth-order valence-corrected chi connectivity index (χ4v) is 3.38. The summed E-state index contributed by atoms with van der Waals surface area (Å²) in [6.07, 6.45) is 0.600. The van der Waals surface area contributed by atoms with E-state index in [-0.39, 0.29) is 30.7 Å². The predicted octanol–water partition coefficient (Wildman–Crippen LogP) is 3.05. The van der Waals surface area contributed by atoms with Gasteiger partial charge in [0.25, 0.3) is 0 Å². The van der Waals surface area contributed by atoms with Crippen molar-refractivity contribution in [3.05, 3.63) is 71.3 Å². The van der Waals surface area contributed by atoms with E-state index in [4.69, 9.17) is 5.73 Å². The summed E-state index contributed by atoms with van der Waals surface area (Å²) in [5.74, 6) is 0.0686. The van der Waals surface area contributed by atoms with Gasteiger partial charge in [-0.3, -0.25) is 9.69 Å². The Bertz CT molecular complexity index is 704. The van der Waals surface area contributed by atoms with Crippen LogP contribution in [0.4, 0.5) is 0 Å². The van der Waals surface area contributed by atoms with E-state index >= 15 is 0 Å². The van der Waals surface area contributed by atoms with Crippen LogP contribution in [0.2, 0.25) is 0 Å². The average Bonchev–Trinajstić information content (AvgIpc) is 2.62. The number of benzene rings is 2. The number of nitrogens with zero attached hydrogens (tertiary/aromatic N) is 2. The SMILES string of the molecule is Cc1cccc(CN2CCN(C(=O)C(N)Cc3ccccc3)CC2)c1.Cl.Cl. The Morgan fingerprint density at radius 1 is 0.963 bits per heavy atom. The topological polar surface area (TPSA) is 49.6 Å². The highest BCUT2D eigenvalue weighted by Gasteiger charge is 2.25. The molecule has 2 N–H and O–H groups in total. The van der Waals surface area contributed by atoms with Crippen LogP contribution in [0.1, 0.15) is 16.7 Å². The first-order chi connectivity index (χ1) is 12.1. The minimum atomic E-state index is -0.453. The molecule has 148 valence electrons. The Morgan fingerprint density at radius 2 is 1.59 bits per heavy atom. The van der Waals surface area contributed by atoms with Crippen molar-refractivity contribution in [1.29, 1.82) is 0 Å². The molecule has 1 aliphatic rings. The van der Waals surface area contributed by atoms with E-state index in [9.17, 15) is 4.79 Å². The molecular weight excluding hydrogens is 381 g/mol. The molecule has 0 aliphatic carbocycles. The van der Waals surface area contributed by atoms with Gasteiger partial charge in [-0.25, -0.2) is 0 Å². The van der Waals surface area contributed by atoms with E-state index in [0.717, 1.165) is 38.3 Å². The van der Waals surface area contributed by atoms with Gasteiger partial charge < -0.3 is 10.6 Å². The van der Waals surface area contributed by atoms with Gasteiger partial charge in [-0.1, -0.05) is 60.2 Å². The molecule has 1 saturated heterocycles. The van der Waals surface area contributed by atoms with Crippen LogP contribution < -0.4 is 5.73 Å². The monoisotopic (exact) mass is 409 g/mol. The Labute approximate surface area is 174 Å². The van der Waals surface area contributed by atoms with E-state index in [1.807, 2.05) is 35.2 Å². The van der Waals surface area contributed by atoms with E-state index < -0.39 is 6.04 Å². The van der Waals surface area contributed by atoms with Crippen LogP contribution in [0.15, 0.2) is 54.6 Å². The Kier molecular flexibility index (Phi) is 9.81. The number of aryl methyl sites for hydroxylation is 1. The van der Waals surface area contributed by atoms with Crippen LogP contribution in [0.25, 0.3) is 0 Å². The lowest BCUT2D eigenvalue weighted by atomic mass is 10.1. The van der Waals surface area contributed by atoms with E-state index in [0.29, 0.717) is 6.42 Å². The summed E-state index contributed by atoms with van der Waals surface area (Å²) in [4.78, 5) is 16.9. The number of halogens is 2. The van der Waals surface area contributed by atoms with Gasteiger partial charge in [0.15, 0.2) is 0 Å². The van der Waals surface area contributed by atoms with Gasteiger partial charge in [0, 0.05) is 32.7 Å². The highest BCUT2D eigenvalue weighted by molar-refractivity contribution is 5.85. The molecule has 1 atom stereocenters. The number of piperazine rings is 1. The highest BCUT2D eigenvalue weighted by Crippen LogP contribution is 2.12. The van der Waals surface area contributed by atoms with Crippen molar-refractivity contribution in [2.45, 2.75) is 25.9 Å². The first kappa shape index (κ1) is 23.4. The molecule has 2 aromatic rings. The van der Waals surface area contributed by atoms with Gasteiger partial charge >= 0.3 is 0 Å². The quantitative estimate of drug-likeness (QED) is 0.825. The Morgan fingerprint density at radius 3 is 2.22 bits per heavy atom. The van der Waals surface area contributed by atoms with Crippen LogP contribution in [-0.2, 0) is 17.8 Å². The van der Waals surface area contributed by atoms with Gasteiger partial charge in [0.2, 0.25) is 5.91 Å². The number of carbonyl (C=O) groups excluding carboxylic acids is 1. The summed E-state index contributed by atoms with van der Waals surface area (Å²) in [6, 6.07) is 18.2. The van der Waals surface area contributed by atoms with Crippen molar-refractivity contribution in [2.75, 3.05) is 26.2 Å². The van der Waals surface area contributed by atoms with Crippen LogP contribution in [-0.4, -0.2) is 47.9 Å². The lowest BCUT2D eigenvalue weighted by molar-refractivity contribution is -0.134. The van der Waals surface area contributed by atoms with Gasteiger partial charge in [-0.2, -0.15) is 0 Å². The third kappa shape index (κ3) is 6.82. The number of hydrogen-bond acceptors (Lipinski definition) is 3. The Hall–Kier alpha value is -1.59. The molecule has 0 bridgehead atoms. The standard InChI is InChI=1S/C21H27N3O.2ClH/c1-17-6-5-9-19(14-17)16-23-10-12-24(13-11-23)21(25)20(22)15-18-7-3-2-4-8-18;;/h2-9,14,20H,10-13,15-16,22H2,1H3;2*1H. The number of amides is 1. The molecule has 1 unspecified atom stereocenters. The third-order valence-corrected chi connectivity index (χ3v) is 4.79.